The molecule has 1 amide bonds. The van der Waals surface area contributed by atoms with Crippen molar-refractivity contribution in [2.24, 2.45) is 0 Å². The van der Waals surface area contributed by atoms with Crippen LogP contribution in [0.15, 0.2) is 53.8 Å². The van der Waals surface area contributed by atoms with Crippen molar-refractivity contribution >= 4 is 32.8 Å². The van der Waals surface area contributed by atoms with Crippen molar-refractivity contribution in [3.63, 3.8) is 0 Å². The maximum Gasteiger partial charge on any atom is 0.245 e. The Bertz CT molecular complexity index is 1190. The number of piperazine rings is 1. The number of carbonyl (C=O) groups excluding carboxylic acids is 1. The smallest absolute Gasteiger partial charge is 0.245 e. The Morgan fingerprint density at radius 3 is 2.48 bits per heavy atom. The average Bonchev–Trinajstić information content (AvgIpc) is 2.78. The zero-order valence-corrected chi connectivity index (χ0v) is 18.2. The molecule has 9 nitrogen and oxygen atoms in total. The molecule has 4 rings (SSSR count). The highest BCUT2D eigenvalue weighted by atomic mass is 32.2. The maximum absolute atomic E-state index is 13.3. The van der Waals surface area contributed by atoms with Crippen molar-refractivity contribution in [3.8, 4) is 0 Å². The summed E-state index contributed by atoms with van der Waals surface area (Å²) >= 11 is 0. The fourth-order valence-corrected chi connectivity index (χ4v) is 5.25. The lowest BCUT2D eigenvalue weighted by molar-refractivity contribution is -0.121. The molecule has 1 aliphatic rings. The van der Waals surface area contributed by atoms with Crippen LogP contribution < -0.4 is 5.32 Å². The molecule has 2 aromatic heterocycles. The Morgan fingerprint density at radius 1 is 1.06 bits per heavy atom. The van der Waals surface area contributed by atoms with Crippen molar-refractivity contribution < 1.29 is 13.2 Å². The Balaban J connectivity index is 1.45. The van der Waals surface area contributed by atoms with Gasteiger partial charge in [0.1, 0.15) is 4.90 Å². The molecule has 0 aliphatic carbocycles. The highest BCUT2D eigenvalue weighted by Gasteiger charge is 2.33. The number of carbonyl (C=O) groups is 1. The third-order valence-corrected chi connectivity index (χ3v) is 7.36. The van der Waals surface area contributed by atoms with Gasteiger partial charge in [-0.05, 0) is 37.6 Å². The molecule has 1 fully saturated rings. The zero-order valence-electron chi connectivity index (χ0n) is 17.4. The van der Waals surface area contributed by atoms with Gasteiger partial charge >= 0.3 is 0 Å². The summed E-state index contributed by atoms with van der Waals surface area (Å²) < 4.78 is 28.1. The second-order valence-electron chi connectivity index (χ2n) is 7.52. The monoisotopic (exact) mass is 440 g/mol. The Hall–Kier alpha value is -2.95. The number of hydrogen-bond donors (Lipinski definition) is 1. The van der Waals surface area contributed by atoms with E-state index >= 15 is 0 Å². The molecule has 3 heterocycles. The molecule has 0 spiro atoms. The summed E-state index contributed by atoms with van der Waals surface area (Å²) in [4.78, 5) is 27.0. The van der Waals surface area contributed by atoms with Gasteiger partial charge in [0.15, 0.2) is 0 Å². The number of fused-ring (bicyclic) bond motifs is 1. The lowest BCUT2D eigenvalue weighted by atomic mass is 10.2. The normalized spacial score (nSPS) is 16.8. The quantitative estimate of drug-likeness (QED) is 0.643. The van der Waals surface area contributed by atoms with Gasteiger partial charge in [-0.3, -0.25) is 20.0 Å². The van der Waals surface area contributed by atoms with Gasteiger partial charge < -0.3 is 0 Å². The van der Waals surface area contributed by atoms with E-state index in [1.165, 1.54) is 4.31 Å². The minimum absolute atomic E-state index is 0.213. The number of sulfonamides is 1. The molecule has 3 aromatic rings. The topological polar surface area (TPSA) is 108 Å². The van der Waals surface area contributed by atoms with E-state index in [9.17, 15) is 13.2 Å². The van der Waals surface area contributed by atoms with Gasteiger partial charge in [-0.2, -0.15) is 4.31 Å². The molecule has 0 saturated carbocycles. The molecule has 31 heavy (non-hydrogen) atoms. The van der Waals surface area contributed by atoms with E-state index in [0.717, 1.165) is 10.9 Å². The van der Waals surface area contributed by atoms with Crippen molar-refractivity contribution in [3.05, 3.63) is 54.5 Å². The number of nitrogens with one attached hydrogen (secondary N) is 1. The largest absolute Gasteiger partial charge is 0.293 e. The molecule has 162 valence electrons. The lowest BCUT2D eigenvalue weighted by Crippen LogP contribution is -2.54. The van der Waals surface area contributed by atoms with Crippen molar-refractivity contribution in [2.75, 3.05) is 31.5 Å². The lowest BCUT2D eigenvalue weighted by Gasteiger charge is -2.36. The molecule has 0 unspecified atom stereocenters. The number of hydrogen-bond acceptors (Lipinski definition) is 7. The molecule has 1 saturated heterocycles. The molecule has 1 aliphatic heterocycles. The van der Waals surface area contributed by atoms with E-state index in [0.29, 0.717) is 31.7 Å². The van der Waals surface area contributed by atoms with Crippen LogP contribution in [0.4, 0.5) is 5.95 Å². The van der Waals surface area contributed by atoms with Crippen LogP contribution in [0.25, 0.3) is 10.9 Å². The number of aromatic nitrogens is 3. The van der Waals surface area contributed by atoms with Crippen molar-refractivity contribution in [1.82, 2.24) is 24.2 Å². The van der Waals surface area contributed by atoms with E-state index in [4.69, 9.17) is 0 Å². The van der Waals surface area contributed by atoms with Gasteiger partial charge in [-0.25, -0.2) is 18.4 Å². The first-order chi connectivity index (χ1) is 14.9. The van der Waals surface area contributed by atoms with Crippen LogP contribution in [0, 0.1) is 6.92 Å². The average molecular weight is 441 g/mol. The number of pyridine rings is 1. The first kappa shape index (κ1) is 21.3. The minimum atomic E-state index is -3.70. The Kier molecular flexibility index (Phi) is 5.94. The number of para-hydroxylation sites is 1. The number of rotatable bonds is 5. The standard InChI is InChI=1S/C21H24N6O3S/c1-15-13-17-5-3-6-18(19(17)24-14-15)31(29,30)27-11-9-26(10-12-27)16(2)20(28)25-21-22-7-4-8-23-21/h3-8,13-14,16H,9-12H2,1-2H3,(H,22,23,25,28)/t16-/m1/s1. The molecule has 1 atom stereocenters. The van der Waals surface area contributed by atoms with Crippen LogP contribution in [-0.2, 0) is 14.8 Å². The highest BCUT2D eigenvalue weighted by Crippen LogP contribution is 2.25. The third-order valence-electron chi connectivity index (χ3n) is 5.43. The number of aryl methyl sites for hydroxylation is 1. The summed E-state index contributed by atoms with van der Waals surface area (Å²) in [5, 5.41) is 3.49. The SMILES string of the molecule is Cc1cnc2c(S(=O)(=O)N3CCN([C@H](C)C(=O)Nc4ncccn4)CC3)cccc2c1. The third kappa shape index (κ3) is 4.41. The maximum atomic E-state index is 13.3. The van der Waals surface area contributed by atoms with Crippen molar-refractivity contribution in [2.45, 2.75) is 24.8 Å². The summed E-state index contributed by atoms with van der Waals surface area (Å²) in [6, 6.07) is 8.37. The molecular weight excluding hydrogens is 416 g/mol. The molecule has 0 radical (unpaired) electrons. The van der Waals surface area contributed by atoms with E-state index in [1.807, 2.05) is 24.0 Å². The fraction of sp³-hybridized carbons (Fsp3) is 0.333. The van der Waals surface area contributed by atoms with Crippen LogP contribution in [0.2, 0.25) is 0 Å². The van der Waals surface area contributed by atoms with E-state index in [2.05, 4.69) is 20.3 Å². The van der Waals surface area contributed by atoms with Crippen LogP contribution in [0.1, 0.15) is 12.5 Å². The van der Waals surface area contributed by atoms with Gasteiger partial charge in [0.25, 0.3) is 0 Å². The molecule has 1 aromatic carbocycles. The van der Waals surface area contributed by atoms with E-state index < -0.39 is 16.1 Å². The highest BCUT2D eigenvalue weighted by molar-refractivity contribution is 7.89. The van der Waals surface area contributed by atoms with Gasteiger partial charge in [0.2, 0.25) is 21.9 Å². The number of amides is 1. The Labute approximate surface area is 181 Å². The van der Waals surface area contributed by atoms with Gasteiger partial charge in [-0.1, -0.05) is 12.1 Å². The molecule has 0 bridgehead atoms. The zero-order chi connectivity index (χ0) is 22.0. The summed E-state index contributed by atoms with van der Waals surface area (Å²) in [5.41, 5.74) is 1.45. The summed E-state index contributed by atoms with van der Waals surface area (Å²) in [7, 11) is -3.70. The van der Waals surface area contributed by atoms with Crippen molar-refractivity contribution in [1.29, 1.82) is 0 Å². The molecule has 1 N–H and O–H groups in total. The minimum Gasteiger partial charge on any atom is -0.293 e. The molecular formula is C21H24N6O3S. The predicted octanol–water partition coefficient (Wildman–Crippen LogP) is 1.67. The summed E-state index contributed by atoms with van der Waals surface area (Å²) in [6.07, 6.45) is 4.79. The summed E-state index contributed by atoms with van der Waals surface area (Å²) in [5.74, 6) is 0.0235. The van der Waals surface area contributed by atoms with Crippen LogP contribution in [0.5, 0.6) is 0 Å². The number of benzene rings is 1. The van der Waals surface area contributed by atoms with Crippen LogP contribution >= 0.6 is 0 Å². The number of anilines is 1. The predicted molar refractivity (Wildman–Crippen MR) is 117 cm³/mol. The second kappa shape index (κ2) is 8.66. The summed E-state index contributed by atoms with van der Waals surface area (Å²) in [6.45, 7) is 5.20. The fourth-order valence-electron chi connectivity index (χ4n) is 3.67. The second-order valence-corrected chi connectivity index (χ2v) is 9.42. The van der Waals surface area contributed by atoms with E-state index in [1.54, 1.807) is 43.7 Å². The number of nitrogens with zero attached hydrogens (tertiary/aromatic N) is 5. The van der Waals surface area contributed by atoms with Crippen LogP contribution in [0.3, 0.4) is 0 Å². The Morgan fingerprint density at radius 2 is 1.77 bits per heavy atom. The van der Waals surface area contributed by atoms with Crippen LogP contribution in [-0.4, -0.2) is 70.7 Å². The molecule has 10 heteroatoms. The van der Waals surface area contributed by atoms with E-state index in [-0.39, 0.29) is 16.8 Å². The van der Waals surface area contributed by atoms with Gasteiger partial charge in [0.05, 0.1) is 11.6 Å². The first-order valence-corrected chi connectivity index (χ1v) is 11.5. The van der Waals surface area contributed by atoms with Gasteiger partial charge in [-0.15, -0.1) is 0 Å². The van der Waals surface area contributed by atoms with Gasteiger partial charge in [0, 0.05) is 50.2 Å². The first-order valence-electron chi connectivity index (χ1n) is 10.0.